The third kappa shape index (κ3) is 4.24. The summed E-state index contributed by atoms with van der Waals surface area (Å²) in [5, 5.41) is 0. The molecule has 1 amide bonds. The van der Waals surface area contributed by atoms with Crippen molar-refractivity contribution in [1.82, 2.24) is 4.90 Å². The molecular formula is C13H17F3N2O. The average Bonchev–Trinajstić information content (AvgIpc) is 2.36. The van der Waals surface area contributed by atoms with Crippen LogP contribution in [-0.2, 0) is 17.5 Å². The van der Waals surface area contributed by atoms with Crippen molar-refractivity contribution >= 4 is 5.91 Å². The topological polar surface area (TPSA) is 46.3 Å². The minimum Gasteiger partial charge on any atom is -0.340 e. The molecule has 2 N–H and O–H groups in total. The fourth-order valence-corrected chi connectivity index (χ4v) is 1.61. The summed E-state index contributed by atoms with van der Waals surface area (Å²) in [4.78, 5) is 13.1. The zero-order valence-corrected chi connectivity index (χ0v) is 10.9. The highest BCUT2D eigenvalue weighted by Gasteiger charge is 2.30. The van der Waals surface area contributed by atoms with Crippen LogP contribution in [0.15, 0.2) is 24.3 Å². The van der Waals surface area contributed by atoms with Gasteiger partial charge in [-0.3, -0.25) is 4.79 Å². The van der Waals surface area contributed by atoms with Crippen LogP contribution in [0.1, 0.15) is 24.5 Å². The van der Waals surface area contributed by atoms with Crippen molar-refractivity contribution in [1.29, 1.82) is 0 Å². The van der Waals surface area contributed by atoms with Crippen LogP contribution in [0.4, 0.5) is 13.2 Å². The Morgan fingerprint density at radius 1 is 1.32 bits per heavy atom. The van der Waals surface area contributed by atoms with E-state index in [2.05, 4.69) is 0 Å². The van der Waals surface area contributed by atoms with Crippen molar-refractivity contribution in [3.05, 3.63) is 35.4 Å². The number of nitrogens with zero attached hydrogens (tertiary/aromatic N) is 1. The predicted octanol–water partition coefficient (Wildman–Crippen LogP) is 2.40. The van der Waals surface area contributed by atoms with Gasteiger partial charge in [-0.15, -0.1) is 0 Å². The van der Waals surface area contributed by atoms with Gasteiger partial charge in [0, 0.05) is 13.6 Å². The number of hydrogen-bond acceptors (Lipinski definition) is 2. The van der Waals surface area contributed by atoms with Crippen LogP contribution in [0.5, 0.6) is 0 Å². The molecule has 1 atom stereocenters. The highest BCUT2D eigenvalue weighted by Crippen LogP contribution is 2.29. The Labute approximate surface area is 110 Å². The fourth-order valence-electron chi connectivity index (χ4n) is 1.61. The van der Waals surface area contributed by atoms with Crippen molar-refractivity contribution in [3.8, 4) is 0 Å². The van der Waals surface area contributed by atoms with E-state index in [1.165, 1.54) is 17.0 Å². The van der Waals surface area contributed by atoms with Crippen molar-refractivity contribution in [2.24, 2.45) is 5.73 Å². The second-order valence-electron chi connectivity index (χ2n) is 4.40. The Balaban J connectivity index is 2.71. The zero-order valence-electron chi connectivity index (χ0n) is 10.9. The van der Waals surface area contributed by atoms with Gasteiger partial charge < -0.3 is 10.6 Å². The Hall–Kier alpha value is -1.56. The van der Waals surface area contributed by atoms with Gasteiger partial charge in [0.05, 0.1) is 11.6 Å². The van der Waals surface area contributed by atoms with E-state index in [9.17, 15) is 18.0 Å². The largest absolute Gasteiger partial charge is 0.416 e. The summed E-state index contributed by atoms with van der Waals surface area (Å²) in [7, 11) is 1.58. The van der Waals surface area contributed by atoms with Crippen LogP contribution in [-0.4, -0.2) is 23.9 Å². The third-order valence-electron chi connectivity index (χ3n) is 2.83. The molecule has 0 saturated carbocycles. The quantitative estimate of drug-likeness (QED) is 0.916. The van der Waals surface area contributed by atoms with Gasteiger partial charge in [0.25, 0.3) is 0 Å². The molecule has 6 heteroatoms. The summed E-state index contributed by atoms with van der Waals surface area (Å²) in [5.74, 6) is -0.220. The fraction of sp³-hybridized carbons (Fsp3) is 0.462. The first-order chi connectivity index (χ1) is 8.75. The molecule has 19 heavy (non-hydrogen) atoms. The lowest BCUT2D eigenvalue weighted by atomic mass is 10.1. The molecule has 1 rings (SSSR count). The number of nitrogens with two attached hydrogens (primary N) is 1. The average molecular weight is 274 g/mol. The Morgan fingerprint density at radius 2 is 1.84 bits per heavy atom. The second kappa shape index (κ2) is 6.06. The monoisotopic (exact) mass is 274 g/mol. The van der Waals surface area contributed by atoms with Crippen LogP contribution in [0.3, 0.4) is 0 Å². The van der Waals surface area contributed by atoms with Gasteiger partial charge in [0.1, 0.15) is 0 Å². The molecule has 0 fully saturated rings. The number of benzene rings is 1. The lowest BCUT2D eigenvalue weighted by Crippen LogP contribution is -2.40. The van der Waals surface area contributed by atoms with Gasteiger partial charge >= 0.3 is 6.18 Å². The van der Waals surface area contributed by atoms with Crippen LogP contribution in [0, 0.1) is 0 Å². The number of carbonyl (C=O) groups is 1. The number of likely N-dealkylation sites (N-methyl/N-ethyl adjacent to an activating group) is 1. The van der Waals surface area contributed by atoms with Crippen molar-refractivity contribution in [2.75, 3.05) is 7.05 Å². The van der Waals surface area contributed by atoms with E-state index in [1.54, 1.807) is 14.0 Å². The zero-order chi connectivity index (χ0) is 14.6. The maximum atomic E-state index is 12.4. The smallest absolute Gasteiger partial charge is 0.340 e. The van der Waals surface area contributed by atoms with E-state index in [0.717, 1.165) is 12.1 Å². The molecule has 0 aliphatic carbocycles. The van der Waals surface area contributed by atoms with Crippen LogP contribution >= 0.6 is 0 Å². The normalized spacial score (nSPS) is 13.2. The van der Waals surface area contributed by atoms with Crippen LogP contribution in [0.2, 0.25) is 0 Å². The molecule has 1 aromatic rings. The minimum atomic E-state index is -4.34. The van der Waals surface area contributed by atoms with Crippen molar-refractivity contribution in [3.63, 3.8) is 0 Å². The first kappa shape index (κ1) is 15.5. The molecule has 0 aromatic heterocycles. The summed E-state index contributed by atoms with van der Waals surface area (Å²) >= 11 is 0. The number of hydrogen-bond donors (Lipinski definition) is 1. The molecule has 0 bridgehead atoms. The van der Waals surface area contributed by atoms with Gasteiger partial charge in [0.2, 0.25) is 5.91 Å². The van der Waals surface area contributed by atoms with E-state index in [4.69, 9.17) is 5.73 Å². The number of amides is 1. The van der Waals surface area contributed by atoms with E-state index >= 15 is 0 Å². The maximum Gasteiger partial charge on any atom is 0.416 e. The standard InChI is InChI=1S/C13H17F3N2O/c1-3-11(17)12(19)18(2)8-9-4-6-10(7-5-9)13(14,15)16/h4-7,11H,3,8,17H2,1-2H3/t11-/m1/s1. The third-order valence-corrected chi connectivity index (χ3v) is 2.83. The lowest BCUT2D eigenvalue weighted by molar-refractivity contribution is -0.137. The molecular weight excluding hydrogens is 257 g/mol. The summed E-state index contributed by atoms with van der Waals surface area (Å²) in [6.07, 6.45) is -3.82. The molecule has 0 spiro atoms. The first-order valence-corrected chi connectivity index (χ1v) is 5.92. The molecule has 0 aliphatic rings. The number of halogens is 3. The Morgan fingerprint density at radius 3 is 2.26 bits per heavy atom. The van der Waals surface area contributed by atoms with Crippen molar-refractivity contribution in [2.45, 2.75) is 32.1 Å². The summed E-state index contributed by atoms with van der Waals surface area (Å²) in [5.41, 5.74) is 5.55. The highest BCUT2D eigenvalue weighted by molar-refractivity contribution is 5.81. The molecule has 0 heterocycles. The van der Waals surface area contributed by atoms with E-state index in [-0.39, 0.29) is 12.5 Å². The first-order valence-electron chi connectivity index (χ1n) is 5.92. The molecule has 0 aliphatic heterocycles. The van der Waals surface area contributed by atoms with Gasteiger partial charge in [-0.1, -0.05) is 19.1 Å². The van der Waals surface area contributed by atoms with Gasteiger partial charge in [-0.2, -0.15) is 13.2 Å². The molecule has 0 radical (unpaired) electrons. The Kier molecular flexibility index (Phi) is 4.94. The number of alkyl halides is 3. The second-order valence-corrected chi connectivity index (χ2v) is 4.40. The van der Waals surface area contributed by atoms with Crippen LogP contribution in [0.25, 0.3) is 0 Å². The molecule has 106 valence electrons. The van der Waals surface area contributed by atoms with Gasteiger partial charge in [0.15, 0.2) is 0 Å². The van der Waals surface area contributed by atoms with Gasteiger partial charge in [-0.05, 0) is 24.1 Å². The van der Waals surface area contributed by atoms with Crippen LogP contribution < -0.4 is 5.73 Å². The van der Waals surface area contributed by atoms with Gasteiger partial charge in [-0.25, -0.2) is 0 Å². The predicted molar refractivity (Wildman–Crippen MR) is 66.2 cm³/mol. The number of carbonyl (C=O) groups excluding carboxylic acids is 1. The molecule has 1 aromatic carbocycles. The van der Waals surface area contributed by atoms with E-state index in [0.29, 0.717) is 12.0 Å². The summed E-state index contributed by atoms with van der Waals surface area (Å²) in [6.45, 7) is 2.04. The SMILES string of the molecule is CC[C@@H](N)C(=O)N(C)Cc1ccc(C(F)(F)F)cc1. The Bertz CT molecular complexity index is 429. The summed E-state index contributed by atoms with van der Waals surface area (Å²) in [6, 6.07) is 4.18. The van der Waals surface area contributed by atoms with E-state index in [1.807, 2.05) is 0 Å². The van der Waals surface area contributed by atoms with E-state index < -0.39 is 17.8 Å². The molecule has 3 nitrogen and oxygen atoms in total. The highest BCUT2D eigenvalue weighted by atomic mass is 19.4. The maximum absolute atomic E-state index is 12.4. The minimum absolute atomic E-state index is 0.220. The summed E-state index contributed by atoms with van der Waals surface area (Å²) < 4.78 is 37.1. The lowest BCUT2D eigenvalue weighted by Gasteiger charge is -2.20. The molecule has 0 unspecified atom stereocenters. The van der Waals surface area contributed by atoms with Crippen molar-refractivity contribution < 1.29 is 18.0 Å². The molecule has 0 saturated heterocycles. The number of rotatable bonds is 4.